The van der Waals surface area contributed by atoms with Crippen LogP contribution in [-0.4, -0.2) is 38.7 Å². The fraction of sp³-hybridized carbons (Fsp3) is 0.176. The number of nitrogens with one attached hydrogen (secondary N) is 1. The molecule has 0 fully saturated rings. The number of hydrogen-bond acceptors (Lipinski definition) is 4. The zero-order valence-corrected chi connectivity index (χ0v) is 13.8. The molecule has 3 rings (SSSR count). The molecule has 124 valence electrons. The van der Waals surface area contributed by atoms with Crippen LogP contribution in [0.1, 0.15) is 26.3 Å². The summed E-state index contributed by atoms with van der Waals surface area (Å²) in [4.78, 5) is 24.8. The molecule has 0 bridgehead atoms. The maximum absolute atomic E-state index is 12.4. The summed E-state index contributed by atoms with van der Waals surface area (Å²) in [6.07, 6.45) is 0.561. The number of benzene rings is 2. The van der Waals surface area contributed by atoms with E-state index in [9.17, 15) is 18.0 Å². The maximum atomic E-state index is 12.4. The van der Waals surface area contributed by atoms with E-state index >= 15 is 0 Å². The van der Waals surface area contributed by atoms with Crippen molar-refractivity contribution < 1.29 is 18.0 Å². The zero-order chi connectivity index (χ0) is 17.3. The molecule has 0 aliphatic carbocycles. The van der Waals surface area contributed by atoms with Crippen LogP contribution in [0.4, 0.5) is 0 Å². The van der Waals surface area contributed by atoms with Crippen LogP contribution < -0.4 is 4.72 Å². The van der Waals surface area contributed by atoms with Crippen LogP contribution in [0.25, 0.3) is 0 Å². The van der Waals surface area contributed by atoms with E-state index in [-0.39, 0.29) is 22.6 Å². The molecule has 2 amide bonds. The molecule has 1 aliphatic heterocycles. The lowest BCUT2D eigenvalue weighted by atomic mass is 10.1. The average molecular weight is 344 g/mol. The topological polar surface area (TPSA) is 83.6 Å². The Kier molecular flexibility index (Phi) is 4.21. The van der Waals surface area contributed by atoms with Gasteiger partial charge < -0.3 is 0 Å². The van der Waals surface area contributed by atoms with E-state index in [2.05, 4.69) is 4.72 Å². The normalized spacial score (nSPS) is 14.1. The summed E-state index contributed by atoms with van der Waals surface area (Å²) in [5.41, 5.74) is 1.37. The molecule has 0 aromatic heterocycles. The SMILES string of the molecule is CN1C(=O)c2ccc(S(=O)(=O)NCCc3ccccc3)cc2C1=O. The minimum Gasteiger partial charge on any atom is -0.277 e. The third-order valence-electron chi connectivity index (χ3n) is 3.92. The van der Waals surface area contributed by atoms with Gasteiger partial charge >= 0.3 is 0 Å². The van der Waals surface area contributed by atoms with Crippen molar-refractivity contribution in [3.63, 3.8) is 0 Å². The summed E-state index contributed by atoms with van der Waals surface area (Å²) < 4.78 is 27.3. The van der Waals surface area contributed by atoms with Crippen LogP contribution in [0.3, 0.4) is 0 Å². The van der Waals surface area contributed by atoms with Crippen LogP contribution in [0, 0.1) is 0 Å². The molecule has 1 N–H and O–H groups in total. The van der Waals surface area contributed by atoms with Crippen molar-refractivity contribution in [2.75, 3.05) is 13.6 Å². The highest BCUT2D eigenvalue weighted by Gasteiger charge is 2.33. The first-order chi connectivity index (χ1) is 11.4. The fourth-order valence-corrected chi connectivity index (χ4v) is 3.62. The maximum Gasteiger partial charge on any atom is 0.261 e. The number of carbonyl (C=O) groups excluding carboxylic acids is 2. The van der Waals surface area contributed by atoms with Gasteiger partial charge in [0.2, 0.25) is 10.0 Å². The minimum atomic E-state index is -3.74. The van der Waals surface area contributed by atoms with E-state index in [4.69, 9.17) is 0 Å². The first-order valence-electron chi connectivity index (χ1n) is 7.40. The Morgan fingerprint density at radius 1 is 0.958 bits per heavy atom. The summed E-state index contributed by atoms with van der Waals surface area (Å²) >= 11 is 0. The second-order valence-corrected chi connectivity index (χ2v) is 7.28. The number of nitrogens with zero attached hydrogens (tertiary/aromatic N) is 1. The van der Waals surface area contributed by atoms with E-state index in [0.717, 1.165) is 10.5 Å². The molecule has 2 aromatic carbocycles. The van der Waals surface area contributed by atoms with Crippen molar-refractivity contribution in [1.29, 1.82) is 0 Å². The Bertz CT molecular complexity index is 907. The number of hydrogen-bond donors (Lipinski definition) is 1. The van der Waals surface area contributed by atoms with Crippen LogP contribution in [0.2, 0.25) is 0 Å². The van der Waals surface area contributed by atoms with E-state index in [1.165, 1.54) is 25.2 Å². The van der Waals surface area contributed by atoms with Crippen LogP contribution >= 0.6 is 0 Å². The second kappa shape index (κ2) is 6.18. The molecule has 0 saturated heterocycles. The lowest BCUT2D eigenvalue weighted by molar-refractivity contribution is 0.0693. The first-order valence-corrected chi connectivity index (χ1v) is 8.88. The number of fused-ring (bicyclic) bond motifs is 1. The van der Waals surface area contributed by atoms with Gasteiger partial charge in [0.15, 0.2) is 0 Å². The minimum absolute atomic E-state index is 0.0224. The molecule has 2 aromatic rings. The fourth-order valence-electron chi connectivity index (χ4n) is 2.57. The second-order valence-electron chi connectivity index (χ2n) is 5.51. The third-order valence-corrected chi connectivity index (χ3v) is 5.38. The number of carbonyl (C=O) groups is 2. The molecule has 7 heteroatoms. The quantitative estimate of drug-likeness (QED) is 0.832. The van der Waals surface area contributed by atoms with E-state index in [0.29, 0.717) is 6.42 Å². The van der Waals surface area contributed by atoms with Gasteiger partial charge in [-0.1, -0.05) is 30.3 Å². The molecule has 0 saturated carbocycles. The highest BCUT2D eigenvalue weighted by molar-refractivity contribution is 7.89. The molecule has 1 heterocycles. The summed E-state index contributed by atoms with van der Waals surface area (Å²) in [7, 11) is -2.37. The molecular weight excluding hydrogens is 328 g/mol. The molecule has 6 nitrogen and oxygen atoms in total. The summed E-state index contributed by atoms with van der Waals surface area (Å²) in [6, 6.07) is 13.5. The van der Waals surface area contributed by atoms with Gasteiger partial charge in [0, 0.05) is 13.6 Å². The van der Waals surface area contributed by atoms with Gasteiger partial charge in [-0.05, 0) is 30.2 Å². The highest BCUT2D eigenvalue weighted by Crippen LogP contribution is 2.24. The molecular formula is C17H16N2O4S. The lowest BCUT2D eigenvalue weighted by Crippen LogP contribution is -2.26. The number of amides is 2. The van der Waals surface area contributed by atoms with Gasteiger partial charge in [-0.3, -0.25) is 14.5 Å². The van der Waals surface area contributed by atoms with Crippen molar-refractivity contribution in [1.82, 2.24) is 9.62 Å². The Hall–Kier alpha value is -2.51. The lowest BCUT2D eigenvalue weighted by Gasteiger charge is -2.07. The number of imide groups is 1. The Balaban J connectivity index is 1.76. The average Bonchev–Trinajstić information content (AvgIpc) is 2.80. The summed E-state index contributed by atoms with van der Waals surface area (Å²) in [5.74, 6) is -0.910. The van der Waals surface area contributed by atoms with Gasteiger partial charge in [-0.15, -0.1) is 0 Å². The van der Waals surface area contributed by atoms with Crippen molar-refractivity contribution in [3.8, 4) is 0 Å². The summed E-state index contributed by atoms with van der Waals surface area (Å²) in [5, 5.41) is 0. The van der Waals surface area contributed by atoms with Crippen molar-refractivity contribution in [3.05, 3.63) is 65.2 Å². The van der Waals surface area contributed by atoms with Crippen LogP contribution in [0.15, 0.2) is 53.4 Å². The molecule has 1 aliphatic rings. The van der Waals surface area contributed by atoms with Crippen molar-refractivity contribution in [2.45, 2.75) is 11.3 Å². The van der Waals surface area contributed by atoms with E-state index in [1.807, 2.05) is 30.3 Å². The van der Waals surface area contributed by atoms with Gasteiger partial charge in [-0.25, -0.2) is 13.1 Å². The molecule has 24 heavy (non-hydrogen) atoms. The molecule has 0 spiro atoms. The largest absolute Gasteiger partial charge is 0.277 e. The van der Waals surface area contributed by atoms with Crippen LogP contribution in [-0.2, 0) is 16.4 Å². The van der Waals surface area contributed by atoms with Crippen molar-refractivity contribution in [2.24, 2.45) is 0 Å². The Labute approximate surface area is 140 Å². The predicted octanol–water partition coefficient (Wildman–Crippen LogP) is 1.43. The molecule has 0 atom stereocenters. The standard InChI is InChI=1S/C17H16N2O4S/c1-19-16(20)14-8-7-13(11-15(14)17(19)21)24(22,23)18-10-9-12-5-3-2-4-6-12/h2-8,11,18H,9-10H2,1H3. The molecule has 0 radical (unpaired) electrons. The van der Waals surface area contributed by atoms with Gasteiger partial charge in [0.1, 0.15) is 0 Å². The Morgan fingerprint density at radius 2 is 1.62 bits per heavy atom. The summed E-state index contributed by atoms with van der Waals surface area (Å²) in [6.45, 7) is 0.246. The third kappa shape index (κ3) is 2.95. The predicted molar refractivity (Wildman–Crippen MR) is 88.2 cm³/mol. The first kappa shape index (κ1) is 16.4. The Morgan fingerprint density at radius 3 is 2.33 bits per heavy atom. The number of rotatable bonds is 5. The van der Waals surface area contributed by atoms with Crippen LogP contribution in [0.5, 0.6) is 0 Å². The number of sulfonamides is 1. The monoisotopic (exact) mass is 344 g/mol. The highest BCUT2D eigenvalue weighted by atomic mass is 32.2. The smallest absolute Gasteiger partial charge is 0.261 e. The van der Waals surface area contributed by atoms with Gasteiger partial charge in [0.05, 0.1) is 16.0 Å². The van der Waals surface area contributed by atoms with E-state index < -0.39 is 21.8 Å². The molecule has 0 unspecified atom stereocenters. The van der Waals surface area contributed by atoms with Crippen molar-refractivity contribution >= 4 is 21.8 Å². The zero-order valence-electron chi connectivity index (χ0n) is 13.0. The van der Waals surface area contributed by atoms with E-state index in [1.54, 1.807) is 0 Å². The van der Waals surface area contributed by atoms with Gasteiger partial charge in [-0.2, -0.15) is 0 Å². The van der Waals surface area contributed by atoms with Gasteiger partial charge in [0.25, 0.3) is 11.8 Å².